The van der Waals surface area contributed by atoms with E-state index in [-0.39, 0.29) is 6.42 Å². The molecule has 10 heteroatoms. The fourth-order valence-electron chi connectivity index (χ4n) is 2.10. The molecule has 1 aromatic heterocycles. The minimum atomic E-state index is -0.893. The van der Waals surface area contributed by atoms with Crippen LogP contribution in [-0.2, 0) is 9.53 Å². The molecule has 128 valence electrons. The first-order valence-electron chi connectivity index (χ1n) is 6.89. The Morgan fingerprint density at radius 2 is 1.96 bits per heavy atom. The maximum Gasteiger partial charge on any atom is 0.410 e. The number of rotatable bonds is 5. The summed E-state index contributed by atoms with van der Waals surface area (Å²) in [6, 6.07) is 0. The number of hydrogen-bond acceptors (Lipinski definition) is 8. The molecular weight excluding hydrogens is 358 g/mol. The third-order valence-electron chi connectivity index (χ3n) is 2.95. The Hall–Kier alpha value is -1.00. The fourth-order valence-corrected chi connectivity index (χ4v) is 5.28. The summed E-state index contributed by atoms with van der Waals surface area (Å²) in [5.74, 6) is -0.893. The van der Waals surface area contributed by atoms with E-state index in [4.69, 9.17) is 4.74 Å². The monoisotopic (exact) mass is 377 g/mol. The normalized spacial score (nSPS) is 16.8. The van der Waals surface area contributed by atoms with Gasteiger partial charge in [0.05, 0.1) is 11.2 Å². The molecule has 2 heterocycles. The number of hydrogen-bond donors (Lipinski definition) is 1. The second-order valence-electron chi connectivity index (χ2n) is 6.23. The van der Waals surface area contributed by atoms with Crippen LogP contribution in [0, 0.1) is 0 Å². The van der Waals surface area contributed by atoms with E-state index in [0.29, 0.717) is 13.1 Å². The SMILES string of the molecule is CSc1nnc(SC2(CC(=O)O)CN(C(=O)OC(C)(C)C)C2)s1. The molecule has 0 atom stereocenters. The van der Waals surface area contributed by atoms with Crippen LogP contribution in [0.3, 0.4) is 0 Å². The minimum absolute atomic E-state index is 0.0366. The molecule has 1 aliphatic rings. The fraction of sp³-hybridized carbons (Fsp3) is 0.692. The number of likely N-dealkylation sites (tertiary alicyclic amines) is 1. The van der Waals surface area contributed by atoms with Gasteiger partial charge in [0.1, 0.15) is 5.60 Å². The number of aromatic nitrogens is 2. The van der Waals surface area contributed by atoms with Crippen LogP contribution >= 0.6 is 34.9 Å². The van der Waals surface area contributed by atoms with Crippen molar-refractivity contribution in [1.29, 1.82) is 0 Å². The lowest BCUT2D eigenvalue weighted by Gasteiger charge is -2.48. The van der Waals surface area contributed by atoms with Gasteiger partial charge in [0.2, 0.25) is 0 Å². The highest BCUT2D eigenvalue weighted by Gasteiger charge is 2.49. The van der Waals surface area contributed by atoms with Crippen LogP contribution in [0.4, 0.5) is 4.79 Å². The van der Waals surface area contributed by atoms with Crippen LogP contribution in [-0.4, -0.2) is 62.0 Å². The van der Waals surface area contributed by atoms with Crippen LogP contribution in [0.5, 0.6) is 0 Å². The molecule has 1 saturated heterocycles. The first kappa shape index (κ1) is 18.3. The molecule has 0 aromatic carbocycles. The van der Waals surface area contributed by atoms with E-state index >= 15 is 0 Å². The van der Waals surface area contributed by atoms with Gasteiger partial charge in [-0.1, -0.05) is 34.9 Å². The summed E-state index contributed by atoms with van der Waals surface area (Å²) < 4.78 is 6.30. The van der Waals surface area contributed by atoms with E-state index in [1.54, 1.807) is 20.8 Å². The second-order valence-corrected chi connectivity index (χ2v) is 9.98. The van der Waals surface area contributed by atoms with Crippen molar-refractivity contribution in [3.63, 3.8) is 0 Å². The summed E-state index contributed by atoms with van der Waals surface area (Å²) in [5, 5.41) is 17.3. The van der Waals surface area contributed by atoms with E-state index in [2.05, 4.69) is 10.2 Å². The average molecular weight is 378 g/mol. The van der Waals surface area contributed by atoms with Crippen molar-refractivity contribution in [2.45, 2.75) is 46.2 Å². The number of ether oxygens (including phenoxy) is 1. The molecule has 0 spiro atoms. The topological polar surface area (TPSA) is 92.6 Å². The first-order chi connectivity index (χ1) is 10.6. The summed E-state index contributed by atoms with van der Waals surface area (Å²) in [4.78, 5) is 24.7. The van der Waals surface area contributed by atoms with Crippen LogP contribution in [0.25, 0.3) is 0 Å². The number of carbonyl (C=O) groups excluding carboxylic acids is 1. The Balaban J connectivity index is 2.02. The number of carbonyl (C=O) groups is 2. The molecule has 7 nitrogen and oxygen atoms in total. The first-order valence-corrected chi connectivity index (χ1v) is 9.74. The molecule has 0 saturated carbocycles. The third kappa shape index (κ3) is 4.98. The van der Waals surface area contributed by atoms with E-state index in [9.17, 15) is 14.7 Å². The van der Waals surface area contributed by atoms with Gasteiger partial charge in [-0.05, 0) is 27.0 Å². The van der Waals surface area contributed by atoms with Crippen molar-refractivity contribution < 1.29 is 19.4 Å². The minimum Gasteiger partial charge on any atom is -0.481 e. The van der Waals surface area contributed by atoms with Crippen LogP contribution in [0.15, 0.2) is 8.68 Å². The summed E-state index contributed by atoms with van der Waals surface area (Å²) in [7, 11) is 0. The zero-order chi connectivity index (χ0) is 17.3. The lowest BCUT2D eigenvalue weighted by atomic mass is 9.95. The van der Waals surface area contributed by atoms with Gasteiger partial charge >= 0.3 is 12.1 Å². The zero-order valence-corrected chi connectivity index (χ0v) is 15.8. The van der Waals surface area contributed by atoms with Crippen molar-refractivity contribution in [1.82, 2.24) is 15.1 Å². The smallest absolute Gasteiger partial charge is 0.410 e. The van der Waals surface area contributed by atoms with Crippen molar-refractivity contribution in [2.75, 3.05) is 19.3 Å². The lowest BCUT2D eigenvalue weighted by Crippen LogP contribution is -2.62. The number of aliphatic carboxylic acids is 1. The van der Waals surface area contributed by atoms with E-state index in [1.165, 1.54) is 39.8 Å². The number of carboxylic acid groups (broad SMARTS) is 1. The van der Waals surface area contributed by atoms with Crippen LogP contribution in [0.1, 0.15) is 27.2 Å². The molecule has 23 heavy (non-hydrogen) atoms. The van der Waals surface area contributed by atoms with E-state index < -0.39 is 22.4 Å². The number of amides is 1. The molecule has 1 N–H and O–H groups in total. The largest absolute Gasteiger partial charge is 0.481 e. The Kier molecular flexibility index (Phi) is 5.47. The summed E-state index contributed by atoms with van der Waals surface area (Å²) in [6.07, 6.45) is 1.46. The predicted molar refractivity (Wildman–Crippen MR) is 90.3 cm³/mol. The highest BCUT2D eigenvalue weighted by atomic mass is 32.2. The Bertz CT molecular complexity index is 594. The summed E-state index contributed by atoms with van der Waals surface area (Å²) in [5.41, 5.74) is -0.568. The average Bonchev–Trinajstić information content (AvgIpc) is 2.79. The predicted octanol–water partition coefficient (Wildman–Crippen LogP) is 2.82. The van der Waals surface area contributed by atoms with Gasteiger partial charge in [-0.2, -0.15) is 0 Å². The molecule has 0 aliphatic carbocycles. The Morgan fingerprint density at radius 1 is 1.35 bits per heavy atom. The van der Waals surface area contributed by atoms with Gasteiger partial charge in [0, 0.05) is 13.1 Å². The van der Waals surface area contributed by atoms with Gasteiger partial charge in [-0.25, -0.2) is 4.79 Å². The van der Waals surface area contributed by atoms with Gasteiger partial charge in [0.25, 0.3) is 0 Å². The molecule has 1 amide bonds. The van der Waals surface area contributed by atoms with Gasteiger partial charge in [-0.3, -0.25) is 4.79 Å². The molecule has 2 rings (SSSR count). The third-order valence-corrected chi connectivity index (χ3v) is 6.23. The molecule has 1 fully saturated rings. The van der Waals surface area contributed by atoms with Crippen LogP contribution < -0.4 is 0 Å². The van der Waals surface area contributed by atoms with Gasteiger partial charge in [-0.15, -0.1) is 10.2 Å². The molecule has 0 radical (unpaired) electrons. The lowest BCUT2D eigenvalue weighted by molar-refractivity contribution is -0.138. The molecule has 1 aromatic rings. The molecule has 0 bridgehead atoms. The van der Waals surface area contributed by atoms with Crippen molar-refractivity contribution in [3.8, 4) is 0 Å². The van der Waals surface area contributed by atoms with Gasteiger partial charge in [0.15, 0.2) is 8.68 Å². The maximum atomic E-state index is 12.0. The number of thioether (sulfide) groups is 2. The van der Waals surface area contributed by atoms with Gasteiger partial charge < -0.3 is 14.7 Å². The van der Waals surface area contributed by atoms with Crippen molar-refractivity contribution in [2.24, 2.45) is 0 Å². The number of nitrogens with zero attached hydrogens (tertiary/aromatic N) is 3. The highest BCUT2D eigenvalue weighted by molar-refractivity contribution is 8.03. The standard InChI is InChI=1S/C13H19N3O4S3/c1-12(2,3)20-11(19)16-6-13(7-16,5-8(17)18)23-10-15-14-9(21-4)22-10/h5-7H2,1-4H3,(H,17,18). The second kappa shape index (κ2) is 6.86. The number of carboxylic acids is 1. The van der Waals surface area contributed by atoms with Crippen LogP contribution in [0.2, 0.25) is 0 Å². The summed E-state index contributed by atoms with van der Waals surface area (Å²) >= 11 is 4.31. The maximum absolute atomic E-state index is 12.0. The Labute approximate surface area is 147 Å². The highest BCUT2D eigenvalue weighted by Crippen LogP contribution is 2.44. The molecule has 1 aliphatic heterocycles. The Morgan fingerprint density at radius 3 is 2.43 bits per heavy atom. The van der Waals surface area contributed by atoms with Crippen molar-refractivity contribution in [3.05, 3.63) is 0 Å². The van der Waals surface area contributed by atoms with E-state index in [1.807, 2.05) is 6.26 Å². The molecular formula is C13H19N3O4S3. The molecule has 0 unspecified atom stereocenters. The summed E-state index contributed by atoms with van der Waals surface area (Å²) in [6.45, 7) is 6.06. The van der Waals surface area contributed by atoms with E-state index in [0.717, 1.165) is 8.68 Å². The zero-order valence-electron chi connectivity index (χ0n) is 13.4. The quantitative estimate of drug-likeness (QED) is 0.783. The van der Waals surface area contributed by atoms with Crippen molar-refractivity contribution >= 4 is 46.9 Å².